The van der Waals surface area contributed by atoms with Crippen molar-refractivity contribution in [3.05, 3.63) is 114 Å². The first-order valence-corrected chi connectivity index (χ1v) is 9.85. The fourth-order valence-electron chi connectivity index (χ4n) is 4.20. The van der Waals surface area contributed by atoms with Crippen LogP contribution in [-0.4, -0.2) is 4.57 Å². The molecule has 0 aliphatic rings. The van der Waals surface area contributed by atoms with Gasteiger partial charge in [0.2, 0.25) is 0 Å². The molecule has 4 aromatic carbocycles. The molecule has 29 heavy (non-hydrogen) atoms. The van der Waals surface area contributed by atoms with Crippen LogP contribution < -0.4 is 0 Å². The van der Waals surface area contributed by atoms with Gasteiger partial charge in [-0.25, -0.2) is 0 Å². The summed E-state index contributed by atoms with van der Waals surface area (Å²) in [6.45, 7) is 2.20. The lowest BCUT2D eigenvalue weighted by Crippen LogP contribution is -2.00. The molecule has 0 amide bonds. The lowest BCUT2D eigenvalue weighted by Gasteiger charge is -2.15. The van der Waals surface area contributed by atoms with Crippen molar-refractivity contribution in [2.45, 2.75) is 12.8 Å². The minimum atomic E-state index is 0.205. The smallest absolute Gasteiger partial charge is 0.0991 e. The van der Waals surface area contributed by atoms with E-state index in [0.29, 0.717) is 5.56 Å². The summed E-state index contributed by atoms with van der Waals surface area (Å²) >= 11 is 0. The Morgan fingerprint density at radius 1 is 0.690 bits per heavy atom. The molecule has 0 saturated heterocycles. The second-order valence-electron chi connectivity index (χ2n) is 7.42. The van der Waals surface area contributed by atoms with Crippen LogP contribution >= 0.6 is 0 Å². The van der Waals surface area contributed by atoms with Crippen molar-refractivity contribution in [1.29, 1.82) is 5.26 Å². The third kappa shape index (κ3) is 2.88. The summed E-state index contributed by atoms with van der Waals surface area (Å²) in [6, 6.07) is 36.0. The molecule has 1 atom stereocenters. The zero-order valence-corrected chi connectivity index (χ0v) is 16.2. The predicted octanol–water partition coefficient (Wildman–Crippen LogP) is 6.81. The molecule has 2 heteroatoms. The highest BCUT2D eigenvalue weighted by Gasteiger charge is 2.14. The Bertz CT molecular complexity index is 1330. The molecule has 5 aromatic rings. The summed E-state index contributed by atoms with van der Waals surface area (Å²) in [7, 11) is 0. The minimum absolute atomic E-state index is 0.205. The molecule has 0 radical (unpaired) electrons. The molecule has 138 valence electrons. The first-order valence-electron chi connectivity index (χ1n) is 9.85. The number of benzene rings is 4. The van der Waals surface area contributed by atoms with Crippen LogP contribution in [0.25, 0.3) is 27.5 Å². The van der Waals surface area contributed by atoms with Crippen molar-refractivity contribution >= 4 is 21.8 Å². The van der Waals surface area contributed by atoms with Crippen LogP contribution in [0, 0.1) is 11.3 Å². The Morgan fingerprint density at radius 2 is 1.28 bits per heavy atom. The first kappa shape index (κ1) is 17.3. The maximum atomic E-state index is 9.23. The van der Waals surface area contributed by atoms with E-state index in [0.717, 1.165) is 11.3 Å². The molecule has 0 N–H and O–H groups in total. The molecule has 0 aliphatic heterocycles. The highest BCUT2D eigenvalue weighted by Crippen LogP contribution is 2.33. The van der Waals surface area contributed by atoms with Gasteiger partial charge in [-0.1, -0.05) is 67.6 Å². The lowest BCUT2D eigenvalue weighted by atomic mass is 9.92. The summed E-state index contributed by atoms with van der Waals surface area (Å²) < 4.78 is 2.34. The number of nitrogens with zero attached hydrogens (tertiary/aromatic N) is 2. The zero-order chi connectivity index (χ0) is 19.8. The van der Waals surface area contributed by atoms with Gasteiger partial charge in [-0.05, 0) is 47.5 Å². The van der Waals surface area contributed by atoms with Crippen LogP contribution in [0.2, 0.25) is 0 Å². The first-order chi connectivity index (χ1) is 14.3. The van der Waals surface area contributed by atoms with E-state index in [4.69, 9.17) is 0 Å². The van der Waals surface area contributed by atoms with E-state index in [-0.39, 0.29) is 5.92 Å². The van der Waals surface area contributed by atoms with E-state index in [2.05, 4.69) is 96.4 Å². The third-order valence-electron chi connectivity index (χ3n) is 5.72. The molecule has 0 spiro atoms. The molecule has 0 fully saturated rings. The third-order valence-corrected chi connectivity index (χ3v) is 5.72. The van der Waals surface area contributed by atoms with Gasteiger partial charge in [-0.3, -0.25) is 0 Å². The second kappa shape index (κ2) is 6.96. The van der Waals surface area contributed by atoms with Crippen molar-refractivity contribution < 1.29 is 0 Å². The van der Waals surface area contributed by atoms with E-state index < -0.39 is 0 Å². The molecule has 1 unspecified atom stereocenters. The normalized spacial score (nSPS) is 12.1. The number of hydrogen-bond donors (Lipinski definition) is 0. The monoisotopic (exact) mass is 372 g/mol. The van der Waals surface area contributed by atoms with Gasteiger partial charge in [-0.15, -0.1) is 0 Å². The van der Waals surface area contributed by atoms with Crippen molar-refractivity contribution in [2.24, 2.45) is 0 Å². The van der Waals surface area contributed by atoms with Crippen molar-refractivity contribution in [3.63, 3.8) is 0 Å². The Hall–Kier alpha value is -3.83. The highest BCUT2D eigenvalue weighted by molar-refractivity contribution is 6.09. The number of para-hydroxylation sites is 2. The molecule has 0 saturated carbocycles. The molecular weight excluding hydrogens is 352 g/mol. The molecule has 2 nitrogen and oxygen atoms in total. The topological polar surface area (TPSA) is 28.7 Å². The van der Waals surface area contributed by atoms with Gasteiger partial charge in [0.05, 0.1) is 22.7 Å². The van der Waals surface area contributed by atoms with Gasteiger partial charge in [-0.2, -0.15) is 5.26 Å². The van der Waals surface area contributed by atoms with Crippen molar-refractivity contribution in [1.82, 2.24) is 4.57 Å². The summed E-state index contributed by atoms with van der Waals surface area (Å²) in [4.78, 5) is 0. The number of fused-ring (bicyclic) bond motifs is 3. The van der Waals surface area contributed by atoms with E-state index >= 15 is 0 Å². The fourth-order valence-corrected chi connectivity index (χ4v) is 4.20. The van der Waals surface area contributed by atoms with Crippen LogP contribution in [0.3, 0.4) is 0 Å². The van der Waals surface area contributed by atoms with Gasteiger partial charge in [0.15, 0.2) is 0 Å². The van der Waals surface area contributed by atoms with E-state index in [9.17, 15) is 5.26 Å². The van der Waals surface area contributed by atoms with Gasteiger partial charge >= 0.3 is 0 Å². The fraction of sp³-hybridized carbons (Fsp3) is 0.0741. The average molecular weight is 372 g/mol. The number of aromatic nitrogens is 1. The van der Waals surface area contributed by atoms with Crippen LogP contribution in [-0.2, 0) is 0 Å². The standard InChI is InChI=1S/C27H20N2/c1-19(21-9-6-8-20(16-21)18-28)22-10-7-11-23(17-22)29-26-14-4-2-12-24(26)25-13-3-5-15-27(25)29/h2-17,19H,1H3. The van der Waals surface area contributed by atoms with Crippen LogP contribution in [0.1, 0.15) is 29.5 Å². The average Bonchev–Trinajstić information content (AvgIpc) is 3.13. The van der Waals surface area contributed by atoms with E-state index in [1.807, 2.05) is 18.2 Å². The molecule has 0 bridgehead atoms. The van der Waals surface area contributed by atoms with Crippen LogP contribution in [0.4, 0.5) is 0 Å². The molecule has 5 rings (SSSR count). The van der Waals surface area contributed by atoms with Gasteiger partial charge in [0, 0.05) is 22.4 Å². The zero-order valence-electron chi connectivity index (χ0n) is 16.2. The number of rotatable bonds is 3. The molecule has 0 aliphatic carbocycles. The van der Waals surface area contributed by atoms with E-state index in [1.165, 1.54) is 27.4 Å². The lowest BCUT2D eigenvalue weighted by molar-refractivity contribution is 0.918. The maximum Gasteiger partial charge on any atom is 0.0991 e. The number of hydrogen-bond acceptors (Lipinski definition) is 1. The Morgan fingerprint density at radius 3 is 1.93 bits per heavy atom. The summed E-state index contributed by atoms with van der Waals surface area (Å²) in [5, 5.41) is 11.8. The van der Waals surface area contributed by atoms with Crippen LogP contribution in [0.5, 0.6) is 0 Å². The minimum Gasteiger partial charge on any atom is -0.309 e. The summed E-state index contributed by atoms with van der Waals surface area (Å²) in [5.74, 6) is 0.205. The Kier molecular flexibility index (Phi) is 4.15. The van der Waals surface area contributed by atoms with Crippen molar-refractivity contribution in [3.8, 4) is 11.8 Å². The van der Waals surface area contributed by atoms with E-state index in [1.54, 1.807) is 0 Å². The SMILES string of the molecule is CC(c1cccc(C#N)c1)c1cccc(-n2c3ccccc3c3ccccc32)c1. The number of nitriles is 1. The predicted molar refractivity (Wildman–Crippen MR) is 119 cm³/mol. The Balaban J connectivity index is 1.68. The molecule has 1 heterocycles. The van der Waals surface area contributed by atoms with Gasteiger partial charge in [0.1, 0.15) is 0 Å². The molecular formula is C27H20N2. The largest absolute Gasteiger partial charge is 0.309 e. The maximum absolute atomic E-state index is 9.23. The summed E-state index contributed by atoms with van der Waals surface area (Å²) in [5.41, 5.74) is 6.67. The second-order valence-corrected chi connectivity index (χ2v) is 7.42. The van der Waals surface area contributed by atoms with Gasteiger partial charge in [0.25, 0.3) is 0 Å². The van der Waals surface area contributed by atoms with Crippen LogP contribution in [0.15, 0.2) is 97.1 Å². The highest BCUT2D eigenvalue weighted by atomic mass is 15.0. The Labute approximate surface area is 170 Å². The summed E-state index contributed by atoms with van der Waals surface area (Å²) in [6.07, 6.45) is 0. The quantitative estimate of drug-likeness (QED) is 0.342. The van der Waals surface area contributed by atoms with Crippen molar-refractivity contribution in [2.75, 3.05) is 0 Å². The molecule has 1 aromatic heterocycles. The van der Waals surface area contributed by atoms with Gasteiger partial charge < -0.3 is 4.57 Å².